The van der Waals surface area contributed by atoms with Crippen molar-refractivity contribution in [3.05, 3.63) is 35.4 Å². The van der Waals surface area contributed by atoms with Crippen molar-refractivity contribution in [2.45, 2.75) is 31.3 Å². The molecule has 3 amide bonds. The summed E-state index contributed by atoms with van der Waals surface area (Å²) in [6.45, 7) is 2.66. The standard InChI is InChI=1S/C19H26N4O4/c1-27-17(24)8-11-21-18(25)14-4-2-13(3-5-14)16-12-22-19(26)23(16)15-6-9-20-10-7-15/h2-5,15-16,20H,6-12H2,1H3,(H,21,25)(H,22,26). The molecule has 2 saturated heterocycles. The van der Waals surface area contributed by atoms with E-state index in [4.69, 9.17) is 0 Å². The molecule has 0 saturated carbocycles. The average Bonchev–Trinajstić information content (AvgIpc) is 3.10. The molecule has 2 heterocycles. The quantitative estimate of drug-likeness (QED) is 0.640. The third-order valence-electron chi connectivity index (χ3n) is 5.12. The van der Waals surface area contributed by atoms with Crippen molar-refractivity contribution in [1.82, 2.24) is 20.9 Å². The molecule has 1 aromatic carbocycles. The molecule has 0 aromatic heterocycles. The fourth-order valence-corrected chi connectivity index (χ4v) is 3.64. The van der Waals surface area contributed by atoms with Gasteiger partial charge in [-0.15, -0.1) is 0 Å². The monoisotopic (exact) mass is 374 g/mol. The van der Waals surface area contributed by atoms with Gasteiger partial charge in [-0.25, -0.2) is 4.79 Å². The largest absolute Gasteiger partial charge is 0.469 e. The van der Waals surface area contributed by atoms with Crippen molar-refractivity contribution in [1.29, 1.82) is 0 Å². The number of amides is 3. The SMILES string of the molecule is COC(=O)CCNC(=O)c1ccc(C2CNC(=O)N2C2CCNCC2)cc1. The zero-order valence-electron chi connectivity index (χ0n) is 15.5. The van der Waals surface area contributed by atoms with Gasteiger partial charge in [0.1, 0.15) is 0 Å². The highest BCUT2D eigenvalue weighted by Crippen LogP contribution is 2.29. The van der Waals surface area contributed by atoms with Crippen LogP contribution in [-0.4, -0.2) is 62.1 Å². The smallest absolute Gasteiger partial charge is 0.318 e. The van der Waals surface area contributed by atoms with Gasteiger partial charge >= 0.3 is 12.0 Å². The van der Waals surface area contributed by atoms with E-state index in [2.05, 4.69) is 20.7 Å². The summed E-state index contributed by atoms with van der Waals surface area (Å²) in [4.78, 5) is 37.5. The average molecular weight is 374 g/mol. The lowest BCUT2D eigenvalue weighted by molar-refractivity contribution is -0.140. The summed E-state index contributed by atoms with van der Waals surface area (Å²) in [6, 6.07) is 7.51. The number of methoxy groups -OCH3 is 1. The van der Waals surface area contributed by atoms with Crippen LogP contribution in [-0.2, 0) is 9.53 Å². The van der Waals surface area contributed by atoms with Gasteiger partial charge in [-0.2, -0.15) is 0 Å². The molecule has 0 spiro atoms. The van der Waals surface area contributed by atoms with Crippen molar-refractivity contribution < 1.29 is 19.1 Å². The fraction of sp³-hybridized carbons (Fsp3) is 0.526. The zero-order chi connectivity index (χ0) is 19.2. The first kappa shape index (κ1) is 19.2. The number of nitrogens with one attached hydrogen (secondary N) is 3. The van der Waals surface area contributed by atoms with Gasteiger partial charge in [0, 0.05) is 24.7 Å². The summed E-state index contributed by atoms with van der Waals surface area (Å²) in [7, 11) is 1.32. The molecule has 1 unspecified atom stereocenters. The number of hydrogen-bond acceptors (Lipinski definition) is 5. The number of benzene rings is 1. The number of carbonyl (C=O) groups is 3. The molecule has 0 aliphatic carbocycles. The van der Waals surface area contributed by atoms with Crippen molar-refractivity contribution >= 4 is 17.9 Å². The summed E-state index contributed by atoms with van der Waals surface area (Å²) >= 11 is 0. The van der Waals surface area contributed by atoms with E-state index in [1.807, 2.05) is 17.0 Å². The normalized spacial score (nSPS) is 20.3. The minimum Gasteiger partial charge on any atom is -0.469 e. The maximum atomic E-state index is 12.3. The van der Waals surface area contributed by atoms with Crippen LogP contribution in [0, 0.1) is 0 Å². The molecule has 3 rings (SSSR count). The topological polar surface area (TPSA) is 99.8 Å². The van der Waals surface area contributed by atoms with E-state index in [0.717, 1.165) is 31.5 Å². The second kappa shape index (κ2) is 8.85. The van der Waals surface area contributed by atoms with Crippen LogP contribution in [0.1, 0.15) is 41.2 Å². The van der Waals surface area contributed by atoms with Crippen LogP contribution in [0.15, 0.2) is 24.3 Å². The molecule has 146 valence electrons. The second-order valence-corrected chi connectivity index (χ2v) is 6.79. The Kier molecular flexibility index (Phi) is 6.28. The molecule has 2 aliphatic heterocycles. The summed E-state index contributed by atoms with van der Waals surface area (Å²) in [5.41, 5.74) is 1.53. The molecular formula is C19H26N4O4. The number of carbonyl (C=O) groups excluding carboxylic acids is 3. The highest BCUT2D eigenvalue weighted by atomic mass is 16.5. The lowest BCUT2D eigenvalue weighted by Gasteiger charge is -2.35. The summed E-state index contributed by atoms with van der Waals surface area (Å²) in [5.74, 6) is -0.594. The third-order valence-corrected chi connectivity index (χ3v) is 5.12. The van der Waals surface area contributed by atoms with Crippen LogP contribution in [0.2, 0.25) is 0 Å². The number of rotatable bonds is 6. The fourth-order valence-electron chi connectivity index (χ4n) is 3.64. The molecular weight excluding hydrogens is 348 g/mol. The molecule has 2 fully saturated rings. The predicted octanol–water partition coefficient (Wildman–Crippen LogP) is 0.798. The maximum absolute atomic E-state index is 12.3. The Morgan fingerprint density at radius 2 is 1.93 bits per heavy atom. The number of piperidine rings is 1. The molecule has 1 aromatic rings. The van der Waals surface area contributed by atoms with E-state index in [-0.39, 0.29) is 43.0 Å². The first-order chi connectivity index (χ1) is 13.1. The minimum absolute atomic E-state index is 0.0166. The van der Waals surface area contributed by atoms with Crippen LogP contribution >= 0.6 is 0 Å². The zero-order valence-corrected chi connectivity index (χ0v) is 15.5. The van der Waals surface area contributed by atoms with Crippen LogP contribution in [0.5, 0.6) is 0 Å². The molecule has 27 heavy (non-hydrogen) atoms. The maximum Gasteiger partial charge on any atom is 0.318 e. The molecule has 0 radical (unpaired) electrons. The highest BCUT2D eigenvalue weighted by Gasteiger charge is 2.37. The number of nitrogens with zero attached hydrogens (tertiary/aromatic N) is 1. The Balaban J connectivity index is 1.62. The van der Waals surface area contributed by atoms with Gasteiger partial charge in [0.2, 0.25) is 0 Å². The number of esters is 1. The lowest BCUT2D eigenvalue weighted by Crippen LogP contribution is -2.45. The van der Waals surface area contributed by atoms with Crippen LogP contribution < -0.4 is 16.0 Å². The third kappa shape index (κ3) is 4.57. The van der Waals surface area contributed by atoms with Crippen LogP contribution in [0.25, 0.3) is 0 Å². The molecule has 0 bridgehead atoms. The van der Waals surface area contributed by atoms with Crippen molar-refractivity contribution in [2.75, 3.05) is 33.3 Å². The first-order valence-electron chi connectivity index (χ1n) is 9.32. The van der Waals surface area contributed by atoms with E-state index in [0.29, 0.717) is 12.1 Å². The Bertz CT molecular complexity index is 685. The summed E-state index contributed by atoms with van der Waals surface area (Å²) in [6.07, 6.45) is 2.04. The number of hydrogen-bond donors (Lipinski definition) is 3. The van der Waals surface area contributed by atoms with Gasteiger partial charge in [0.15, 0.2) is 0 Å². The predicted molar refractivity (Wildman–Crippen MR) is 99.3 cm³/mol. The molecule has 3 N–H and O–H groups in total. The van der Waals surface area contributed by atoms with Crippen molar-refractivity contribution in [2.24, 2.45) is 0 Å². The van der Waals surface area contributed by atoms with Crippen LogP contribution in [0.3, 0.4) is 0 Å². The van der Waals surface area contributed by atoms with Gasteiger partial charge in [-0.1, -0.05) is 12.1 Å². The summed E-state index contributed by atoms with van der Waals surface area (Å²) < 4.78 is 4.55. The Hall–Kier alpha value is -2.61. The van der Waals surface area contributed by atoms with Crippen molar-refractivity contribution in [3.63, 3.8) is 0 Å². The van der Waals surface area contributed by atoms with E-state index < -0.39 is 0 Å². The Labute approximate surface area is 158 Å². The second-order valence-electron chi connectivity index (χ2n) is 6.79. The van der Waals surface area contributed by atoms with Gasteiger partial charge < -0.3 is 25.6 Å². The van der Waals surface area contributed by atoms with Crippen LogP contribution in [0.4, 0.5) is 4.79 Å². The van der Waals surface area contributed by atoms with Gasteiger partial charge in [-0.05, 0) is 43.6 Å². The van der Waals surface area contributed by atoms with E-state index in [1.165, 1.54) is 7.11 Å². The van der Waals surface area contributed by atoms with E-state index >= 15 is 0 Å². The highest BCUT2D eigenvalue weighted by molar-refractivity contribution is 5.94. The number of ether oxygens (including phenoxy) is 1. The minimum atomic E-state index is -0.359. The molecule has 8 heteroatoms. The van der Waals surface area contributed by atoms with Gasteiger partial charge in [-0.3, -0.25) is 9.59 Å². The molecule has 8 nitrogen and oxygen atoms in total. The molecule has 1 atom stereocenters. The van der Waals surface area contributed by atoms with E-state index in [9.17, 15) is 14.4 Å². The Morgan fingerprint density at radius 1 is 1.22 bits per heavy atom. The van der Waals surface area contributed by atoms with E-state index in [1.54, 1.807) is 12.1 Å². The van der Waals surface area contributed by atoms with Gasteiger partial charge in [0.25, 0.3) is 5.91 Å². The lowest BCUT2D eigenvalue weighted by atomic mass is 9.99. The first-order valence-corrected chi connectivity index (χ1v) is 9.32. The van der Waals surface area contributed by atoms with Gasteiger partial charge in [0.05, 0.1) is 19.6 Å². The van der Waals surface area contributed by atoms with Crippen molar-refractivity contribution in [3.8, 4) is 0 Å². The number of urea groups is 1. The molecule has 2 aliphatic rings. The summed E-state index contributed by atoms with van der Waals surface area (Å²) in [5, 5.41) is 8.96. The Morgan fingerprint density at radius 3 is 2.59 bits per heavy atom.